The molecule has 0 aromatic rings. The Labute approximate surface area is 58.7 Å². The van der Waals surface area contributed by atoms with Crippen LogP contribution in [0.5, 0.6) is 0 Å². The molecule has 1 aliphatic rings. The topological polar surface area (TPSA) is 0 Å². The first-order valence-electron chi connectivity index (χ1n) is 4.36. The van der Waals surface area contributed by atoms with Gasteiger partial charge in [-0.25, -0.2) is 0 Å². The molecule has 1 fully saturated rings. The molecular weight excluding hydrogens is 108 g/mol. The Bertz CT molecular complexity index is 66.1. The van der Waals surface area contributed by atoms with Gasteiger partial charge in [-0.2, -0.15) is 0 Å². The zero-order valence-corrected chi connectivity index (χ0v) is 6.69. The Morgan fingerprint density at radius 3 is 1.67 bits per heavy atom. The molecule has 1 rings (SSSR count). The number of rotatable bonds is 2. The molecule has 0 nitrogen and oxygen atoms in total. The van der Waals surface area contributed by atoms with Gasteiger partial charge in [-0.3, -0.25) is 0 Å². The van der Waals surface area contributed by atoms with Crippen LogP contribution in [-0.2, 0) is 0 Å². The minimum absolute atomic E-state index is 1.08. The van der Waals surface area contributed by atoms with E-state index in [-0.39, 0.29) is 0 Å². The molecule has 1 aliphatic carbocycles. The second-order valence-electron chi connectivity index (χ2n) is 3.36. The van der Waals surface area contributed by atoms with Gasteiger partial charge in [0.15, 0.2) is 0 Å². The molecule has 0 heterocycles. The van der Waals surface area contributed by atoms with E-state index < -0.39 is 0 Å². The first-order valence-corrected chi connectivity index (χ1v) is 4.36. The third-order valence-electron chi connectivity index (χ3n) is 2.80. The lowest BCUT2D eigenvalue weighted by Crippen LogP contribution is -1.92. The summed E-state index contributed by atoms with van der Waals surface area (Å²) >= 11 is 0. The van der Waals surface area contributed by atoms with Crippen molar-refractivity contribution in [3.63, 3.8) is 0 Å². The lowest BCUT2D eigenvalue weighted by Gasteiger charge is -2.05. The highest BCUT2D eigenvalue weighted by atomic mass is 14.3. The molecule has 0 spiro atoms. The zero-order valence-electron chi connectivity index (χ0n) is 6.69. The van der Waals surface area contributed by atoms with Crippen molar-refractivity contribution >= 4 is 0 Å². The summed E-state index contributed by atoms with van der Waals surface area (Å²) in [5.41, 5.74) is 0. The van der Waals surface area contributed by atoms with E-state index in [1.54, 1.807) is 0 Å². The molecule has 9 heavy (non-hydrogen) atoms. The van der Waals surface area contributed by atoms with Gasteiger partial charge in [-0.1, -0.05) is 39.5 Å². The molecule has 0 bridgehead atoms. The van der Waals surface area contributed by atoms with E-state index in [0.29, 0.717) is 0 Å². The zero-order chi connectivity index (χ0) is 6.69. The molecular formula is C9H18. The van der Waals surface area contributed by atoms with Crippen LogP contribution in [0.25, 0.3) is 0 Å². The highest BCUT2D eigenvalue weighted by Crippen LogP contribution is 2.34. The summed E-state index contributed by atoms with van der Waals surface area (Å²) in [6, 6.07) is 0. The molecule has 1 saturated carbocycles. The van der Waals surface area contributed by atoms with Crippen molar-refractivity contribution in [2.75, 3.05) is 0 Å². The van der Waals surface area contributed by atoms with Crippen LogP contribution < -0.4 is 0 Å². The summed E-state index contributed by atoms with van der Waals surface area (Å²) in [6.07, 6.45) is 7.37. The van der Waals surface area contributed by atoms with Crippen LogP contribution in [0.1, 0.15) is 46.0 Å². The molecule has 54 valence electrons. The Hall–Kier alpha value is 0. The second kappa shape index (κ2) is 3.24. The Kier molecular flexibility index (Phi) is 2.56. The maximum absolute atomic E-state index is 2.32. The van der Waals surface area contributed by atoms with Gasteiger partial charge < -0.3 is 0 Å². The molecule has 0 N–H and O–H groups in total. The van der Waals surface area contributed by atoms with Gasteiger partial charge in [-0.05, 0) is 18.3 Å². The van der Waals surface area contributed by atoms with Crippen molar-refractivity contribution in [1.29, 1.82) is 0 Å². The maximum Gasteiger partial charge on any atom is -0.0414 e. The molecule has 0 aliphatic heterocycles. The molecule has 0 aromatic carbocycles. The van der Waals surface area contributed by atoms with E-state index in [1.165, 1.54) is 32.1 Å². The summed E-state index contributed by atoms with van der Waals surface area (Å²) in [4.78, 5) is 0. The standard InChI is InChI=1S/C9H18/c1-3-8-5-6-9(4-2)7-8/h8-9H,3-7H2,1-2H3/t8-,9+. The number of hydrogen-bond donors (Lipinski definition) is 0. The normalized spacial score (nSPS) is 35.3. The maximum atomic E-state index is 2.32. The lowest BCUT2D eigenvalue weighted by molar-refractivity contribution is 0.471. The van der Waals surface area contributed by atoms with E-state index in [0.717, 1.165) is 11.8 Å². The molecule has 0 unspecified atom stereocenters. The first-order chi connectivity index (χ1) is 4.36. The van der Waals surface area contributed by atoms with Crippen molar-refractivity contribution in [2.24, 2.45) is 11.8 Å². The molecule has 0 radical (unpaired) electrons. The average molecular weight is 126 g/mol. The van der Waals surface area contributed by atoms with Crippen LogP contribution in [0.15, 0.2) is 0 Å². The van der Waals surface area contributed by atoms with Gasteiger partial charge in [0.2, 0.25) is 0 Å². The predicted octanol–water partition coefficient (Wildman–Crippen LogP) is 3.22. The largest absolute Gasteiger partial charge is 0.0651 e. The van der Waals surface area contributed by atoms with E-state index in [4.69, 9.17) is 0 Å². The molecule has 0 aromatic heterocycles. The van der Waals surface area contributed by atoms with Gasteiger partial charge in [0.05, 0.1) is 0 Å². The van der Waals surface area contributed by atoms with E-state index in [9.17, 15) is 0 Å². The monoisotopic (exact) mass is 126 g/mol. The molecule has 0 amide bonds. The fraction of sp³-hybridized carbons (Fsp3) is 1.00. The average Bonchev–Trinajstić information content (AvgIpc) is 2.34. The Balaban J connectivity index is 2.20. The number of hydrogen-bond acceptors (Lipinski definition) is 0. The first kappa shape index (κ1) is 7.11. The third-order valence-corrected chi connectivity index (χ3v) is 2.80. The van der Waals surface area contributed by atoms with Gasteiger partial charge in [-0.15, -0.1) is 0 Å². The van der Waals surface area contributed by atoms with E-state index in [1.807, 2.05) is 0 Å². The van der Waals surface area contributed by atoms with Gasteiger partial charge in [0.1, 0.15) is 0 Å². The van der Waals surface area contributed by atoms with Crippen molar-refractivity contribution in [2.45, 2.75) is 46.0 Å². The van der Waals surface area contributed by atoms with Crippen LogP contribution in [0.2, 0.25) is 0 Å². The molecule has 2 atom stereocenters. The van der Waals surface area contributed by atoms with E-state index in [2.05, 4.69) is 13.8 Å². The van der Waals surface area contributed by atoms with Crippen LogP contribution in [0.4, 0.5) is 0 Å². The molecule has 0 saturated heterocycles. The lowest BCUT2D eigenvalue weighted by atomic mass is 10.0. The smallest absolute Gasteiger partial charge is 0.0414 e. The highest BCUT2D eigenvalue weighted by Gasteiger charge is 2.20. The third kappa shape index (κ3) is 1.70. The SMILES string of the molecule is CC[C@@H]1CC[C@H](CC)C1. The summed E-state index contributed by atoms with van der Waals surface area (Å²) in [6.45, 7) is 4.64. The summed E-state index contributed by atoms with van der Waals surface area (Å²) in [5, 5.41) is 0. The van der Waals surface area contributed by atoms with Crippen LogP contribution in [-0.4, -0.2) is 0 Å². The fourth-order valence-corrected chi connectivity index (χ4v) is 1.92. The Morgan fingerprint density at radius 2 is 1.44 bits per heavy atom. The molecule has 0 heteroatoms. The second-order valence-corrected chi connectivity index (χ2v) is 3.36. The Morgan fingerprint density at radius 1 is 1.00 bits per heavy atom. The fourth-order valence-electron chi connectivity index (χ4n) is 1.92. The van der Waals surface area contributed by atoms with Crippen molar-refractivity contribution in [1.82, 2.24) is 0 Å². The van der Waals surface area contributed by atoms with Gasteiger partial charge in [0, 0.05) is 0 Å². The van der Waals surface area contributed by atoms with Crippen molar-refractivity contribution in [3.05, 3.63) is 0 Å². The summed E-state index contributed by atoms with van der Waals surface area (Å²) in [5.74, 6) is 2.16. The van der Waals surface area contributed by atoms with Gasteiger partial charge in [0.25, 0.3) is 0 Å². The van der Waals surface area contributed by atoms with Crippen LogP contribution >= 0.6 is 0 Å². The minimum Gasteiger partial charge on any atom is -0.0651 e. The summed E-state index contributed by atoms with van der Waals surface area (Å²) < 4.78 is 0. The predicted molar refractivity (Wildman–Crippen MR) is 41.4 cm³/mol. The van der Waals surface area contributed by atoms with Crippen LogP contribution in [0, 0.1) is 11.8 Å². The summed E-state index contributed by atoms with van der Waals surface area (Å²) in [7, 11) is 0. The quantitative estimate of drug-likeness (QED) is 0.533. The van der Waals surface area contributed by atoms with E-state index >= 15 is 0 Å². The van der Waals surface area contributed by atoms with Gasteiger partial charge >= 0.3 is 0 Å². The highest BCUT2D eigenvalue weighted by molar-refractivity contribution is 4.73. The van der Waals surface area contributed by atoms with Crippen molar-refractivity contribution < 1.29 is 0 Å². The van der Waals surface area contributed by atoms with Crippen LogP contribution in [0.3, 0.4) is 0 Å². The van der Waals surface area contributed by atoms with Crippen molar-refractivity contribution in [3.8, 4) is 0 Å². The minimum atomic E-state index is 1.08.